The Morgan fingerprint density at radius 3 is 2.65 bits per heavy atom. The van der Waals surface area contributed by atoms with Crippen LogP contribution >= 0.6 is 12.2 Å². The van der Waals surface area contributed by atoms with Crippen LogP contribution in [-0.4, -0.2) is 17.9 Å². The van der Waals surface area contributed by atoms with Crippen LogP contribution < -0.4 is 25.7 Å². The third-order valence-corrected chi connectivity index (χ3v) is 3.04. The van der Waals surface area contributed by atoms with Gasteiger partial charge in [0.2, 0.25) is 5.11 Å². The number of hydrazine groups is 1. The fourth-order valence-corrected chi connectivity index (χ4v) is 1.99. The second-order valence-electron chi connectivity index (χ2n) is 4.69. The minimum atomic E-state index is 0.175. The van der Waals surface area contributed by atoms with Gasteiger partial charge in [0.15, 0.2) is 17.7 Å². The zero-order valence-electron chi connectivity index (χ0n) is 12.9. The SMILES string of the molecule is CCOc1cc(C=[NH+]NC(N)=S)ccc1OCc1ccccc1. The molecule has 23 heavy (non-hydrogen) atoms. The number of hydrogen-bond acceptors (Lipinski definition) is 3. The highest BCUT2D eigenvalue weighted by atomic mass is 32.1. The van der Waals surface area contributed by atoms with Gasteiger partial charge in [0.25, 0.3) is 0 Å². The van der Waals surface area contributed by atoms with Gasteiger partial charge in [-0.2, -0.15) is 0 Å². The summed E-state index contributed by atoms with van der Waals surface area (Å²) < 4.78 is 11.5. The lowest BCUT2D eigenvalue weighted by Crippen LogP contribution is -2.82. The average Bonchev–Trinajstić information content (AvgIpc) is 2.55. The maximum Gasteiger partial charge on any atom is 0.221 e. The highest BCUT2D eigenvalue weighted by Gasteiger charge is 2.07. The standard InChI is InChI=1S/C17H19N3O2S/c1-2-21-16-10-14(11-19-20-17(18)23)8-9-15(16)22-12-13-6-4-3-5-7-13/h3-11H,2,12H2,1H3,(H3,18,20,23)/p+1. The summed E-state index contributed by atoms with van der Waals surface area (Å²) in [6.45, 7) is 2.99. The van der Waals surface area contributed by atoms with E-state index in [0.29, 0.717) is 24.7 Å². The van der Waals surface area contributed by atoms with Gasteiger partial charge in [-0.1, -0.05) is 30.3 Å². The Bertz CT molecular complexity index is 675. The number of thiocarbonyl (C=S) groups is 1. The van der Waals surface area contributed by atoms with E-state index >= 15 is 0 Å². The van der Waals surface area contributed by atoms with Gasteiger partial charge in [-0.05, 0) is 42.9 Å². The van der Waals surface area contributed by atoms with E-state index in [-0.39, 0.29) is 5.11 Å². The van der Waals surface area contributed by atoms with E-state index in [1.165, 1.54) is 0 Å². The number of hydrazone groups is 1. The third kappa shape index (κ3) is 5.60. The van der Waals surface area contributed by atoms with Gasteiger partial charge in [0.1, 0.15) is 6.61 Å². The first-order valence-corrected chi connectivity index (χ1v) is 7.67. The van der Waals surface area contributed by atoms with Gasteiger partial charge in [-0.3, -0.25) is 0 Å². The molecular weight excluding hydrogens is 310 g/mol. The van der Waals surface area contributed by atoms with Crippen molar-refractivity contribution in [1.82, 2.24) is 5.43 Å². The lowest BCUT2D eigenvalue weighted by Gasteiger charge is -2.12. The van der Waals surface area contributed by atoms with Gasteiger partial charge in [-0.15, -0.1) is 10.5 Å². The molecule has 0 aliphatic heterocycles. The Kier molecular flexibility index (Phi) is 6.38. The van der Waals surface area contributed by atoms with Crippen LogP contribution in [0.4, 0.5) is 0 Å². The van der Waals surface area contributed by atoms with Crippen LogP contribution in [0.2, 0.25) is 0 Å². The molecule has 0 fully saturated rings. The monoisotopic (exact) mass is 330 g/mol. The Hall–Kier alpha value is -2.60. The molecule has 4 N–H and O–H groups in total. The lowest BCUT2D eigenvalue weighted by molar-refractivity contribution is -0.499. The van der Waals surface area contributed by atoms with Crippen molar-refractivity contribution < 1.29 is 14.6 Å². The molecule has 5 nitrogen and oxygen atoms in total. The summed E-state index contributed by atoms with van der Waals surface area (Å²) in [7, 11) is 0. The summed E-state index contributed by atoms with van der Waals surface area (Å²) in [5, 5.41) is 2.99. The van der Waals surface area contributed by atoms with Crippen LogP contribution in [0.5, 0.6) is 11.5 Å². The maximum absolute atomic E-state index is 5.86. The van der Waals surface area contributed by atoms with Crippen molar-refractivity contribution in [1.29, 1.82) is 0 Å². The van der Waals surface area contributed by atoms with Gasteiger partial charge in [0.05, 0.1) is 6.61 Å². The number of hydrogen-bond donors (Lipinski definition) is 3. The zero-order chi connectivity index (χ0) is 16.5. The molecule has 0 radical (unpaired) electrons. The first-order chi connectivity index (χ1) is 11.2. The second-order valence-corrected chi connectivity index (χ2v) is 5.13. The molecule has 0 atom stereocenters. The molecule has 120 valence electrons. The molecule has 0 saturated heterocycles. The molecular formula is C17H20N3O2S+. The second kappa shape index (κ2) is 8.75. The molecule has 2 rings (SSSR count). The van der Waals surface area contributed by atoms with Crippen LogP contribution in [0, 0.1) is 0 Å². The predicted octanol–water partition coefficient (Wildman–Crippen LogP) is 0.912. The maximum atomic E-state index is 5.86. The minimum absolute atomic E-state index is 0.175. The number of benzene rings is 2. The summed E-state index contributed by atoms with van der Waals surface area (Å²) in [4.78, 5) is 0. The van der Waals surface area contributed by atoms with Gasteiger partial charge in [0, 0.05) is 5.56 Å². The Morgan fingerprint density at radius 1 is 1.17 bits per heavy atom. The lowest BCUT2D eigenvalue weighted by atomic mass is 10.2. The number of ether oxygens (including phenoxy) is 2. The molecule has 0 saturated carbocycles. The number of rotatable bonds is 7. The van der Waals surface area contributed by atoms with Crippen LogP contribution in [0.3, 0.4) is 0 Å². The molecule has 2 aromatic rings. The smallest absolute Gasteiger partial charge is 0.221 e. The molecule has 6 heteroatoms. The Balaban J connectivity index is 2.09. The highest BCUT2D eigenvalue weighted by molar-refractivity contribution is 7.80. The van der Waals surface area contributed by atoms with E-state index in [4.69, 9.17) is 27.4 Å². The van der Waals surface area contributed by atoms with Crippen molar-refractivity contribution >= 4 is 23.5 Å². The first kappa shape index (κ1) is 16.8. The molecule has 0 heterocycles. The van der Waals surface area contributed by atoms with Crippen molar-refractivity contribution in [2.75, 3.05) is 6.61 Å². The topological polar surface area (TPSA) is 70.5 Å². The first-order valence-electron chi connectivity index (χ1n) is 7.27. The van der Waals surface area contributed by atoms with Crippen molar-refractivity contribution in [3.8, 4) is 11.5 Å². The van der Waals surface area contributed by atoms with E-state index < -0.39 is 0 Å². The summed E-state index contributed by atoms with van der Waals surface area (Å²) >= 11 is 4.72. The van der Waals surface area contributed by atoms with Crippen molar-refractivity contribution in [2.45, 2.75) is 13.5 Å². The molecule has 0 amide bonds. The summed E-state index contributed by atoms with van der Waals surface area (Å²) in [5.41, 5.74) is 10.00. The highest BCUT2D eigenvalue weighted by Crippen LogP contribution is 2.28. The molecule has 0 unspecified atom stereocenters. The summed E-state index contributed by atoms with van der Waals surface area (Å²) in [6.07, 6.45) is 1.74. The van der Waals surface area contributed by atoms with E-state index in [2.05, 4.69) is 10.5 Å². The predicted molar refractivity (Wildman–Crippen MR) is 94.4 cm³/mol. The molecule has 0 bridgehead atoms. The molecule has 0 aliphatic carbocycles. The van der Waals surface area contributed by atoms with Crippen molar-refractivity contribution in [2.24, 2.45) is 5.73 Å². The van der Waals surface area contributed by atoms with Gasteiger partial charge < -0.3 is 15.2 Å². The summed E-state index contributed by atoms with van der Waals surface area (Å²) in [5.74, 6) is 1.39. The largest absolute Gasteiger partial charge is 0.490 e. The number of nitrogens with one attached hydrogen (secondary N) is 2. The van der Waals surface area contributed by atoms with Crippen molar-refractivity contribution in [3.05, 3.63) is 59.7 Å². The average molecular weight is 330 g/mol. The van der Waals surface area contributed by atoms with E-state index in [1.807, 2.05) is 55.5 Å². The quantitative estimate of drug-likeness (QED) is 0.400. The third-order valence-electron chi connectivity index (χ3n) is 2.94. The van der Waals surface area contributed by atoms with Crippen LogP contribution in [0.1, 0.15) is 18.1 Å². The number of nitrogens with two attached hydrogens (primary N) is 1. The molecule has 0 spiro atoms. The molecule has 0 aromatic heterocycles. The fourth-order valence-electron chi connectivity index (χ4n) is 1.93. The van der Waals surface area contributed by atoms with Gasteiger partial charge >= 0.3 is 0 Å². The molecule has 0 aliphatic rings. The van der Waals surface area contributed by atoms with E-state index in [1.54, 1.807) is 6.21 Å². The molecule has 2 aromatic carbocycles. The normalized spacial score (nSPS) is 10.5. The van der Waals surface area contributed by atoms with E-state index in [9.17, 15) is 0 Å². The fraction of sp³-hybridized carbons (Fsp3) is 0.176. The van der Waals surface area contributed by atoms with Crippen LogP contribution in [0.15, 0.2) is 48.5 Å². The Labute approximate surface area is 141 Å². The van der Waals surface area contributed by atoms with Crippen LogP contribution in [-0.2, 0) is 6.61 Å². The Morgan fingerprint density at radius 2 is 1.96 bits per heavy atom. The zero-order valence-corrected chi connectivity index (χ0v) is 13.7. The summed E-state index contributed by atoms with van der Waals surface area (Å²) in [6, 6.07) is 15.7. The van der Waals surface area contributed by atoms with Crippen LogP contribution in [0.25, 0.3) is 0 Å². The van der Waals surface area contributed by atoms with Crippen molar-refractivity contribution in [3.63, 3.8) is 0 Å². The van der Waals surface area contributed by atoms with Gasteiger partial charge in [-0.25, -0.2) is 0 Å². The van der Waals surface area contributed by atoms with E-state index in [0.717, 1.165) is 11.1 Å². The minimum Gasteiger partial charge on any atom is -0.490 e.